The van der Waals surface area contributed by atoms with E-state index in [1.54, 1.807) is 13.2 Å². The molecule has 7 heteroatoms. The number of nitrogens with zero attached hydrogens (tertiary/aromatic N) is 1. The van der Waals surface area contributed by atoms with Crippen LogP contribution in [0.1, 0.15) is 38.9 Å². The lowest BCUT2D eigenvalue weighted by Gasteiger charge is -2.46. The number of amides is 2. The minimum atomic E-state index is -2.14. The van der Waals surface area contributed by atoms with Crippen LogP contribution in [0, 0.1) is 11.8 Å². The van der Waals surface area contributed by atoms with Crippen molar-refractivity contribution >= 4 is 20.1 Å². The maximum absolute atomic E-state index is 12.8. The fourth-order valence-corrected chi connectivity index (χ4v) is 7.79. The highest BCUT2D eigenvalue weighted by Gasteiger charge is 2.55. The number of fused-ring (bicyclic) bond motifs is 1. The molecule has 1 fully saturated rings. The molecule has 1 N–H and O–H groups in total. The van der Waals surface area contributed by atoms with Crippen LogP contribution >= 0.6 is 0 Å². The second kappa shape index (κ2) is 8.65. The smallest absolute Gasteiger partial charge is 0.236 e. The highest BCUT2D eigenvalue weighted by atomic mass is 28.4. The SMILES string of the molecule is CC[Si](CC)(CC)O[C@]1([C@H](O)c2ccc(OC)cc2)C=C[C@H]2C(=O)N(C)C(=O)[C@H]2C1. The Bertz CT molecular complexity index is 811. The van der Waals surface area contributed by atoms with Crippen molar-refractivity contribution < 1.29 is 23.9 Å². The van der Waals surface area contributed by atoms with Crippen LogP contribution in [-0.2, 0) is 14.0 Å². The fourth-order valence-electron chi connectivity index (χ4n) is 4.79. The van der Waals surface area contributed by atoms with Gasteiger partial charge in [-0.3, -0.25) is 14.5 Å². The van der Waals surface area contributed by atoms with E-state index in [1.807, 2.05) is 30.3 Å². The monoisotopic (exact) mass is 431 g/mol. The normalized spacial score (nSPS) is 27.3. The standard InChI is InChI=1S/C23H33NO5Si/c1-6-30(7-2,8-3)29-23(20(25)16-9-11-17(28-5)12-10-16)14-13-18-19(15-23)22(27)24(4)21(18)26/h9-14,18-20,25H,6-8,15H2,1-5H3/t18-,19+,20-,23-/m1/s1. The summed E-state index contributed by atoms with van der Waals surface area (Å²) in [5, 5.41) is 11.5. The minimum Gasteiger partial charge on any atom is -0.497 e. The van der Waals surface area contributed by atoms with E-state index in [0.29, 0.717) is 17.7 Å². The highest BCUT2D eigenvalue weighted by molar-refractivity contribution is 6.73. The van der Waals surface area contributed by atoms with Crippen LogP contribution in [0.3, 0.4) is 0 Å². The van der Waals surface area contributed by atoms with Crippen LogP contribution < -0.4 is 4.74 Å². The first-order chi connectivity index (χ1) is 14.3. The van der Waals surface area contributed by atoms with Gasteiger partial charge in [0.15, 0.2) is 8.32 Å². The van der Waals surface area contributed by atoms with E-state index >= 15 is 0 Å². The highest BCUT2D eigenvalue weighted by Crippen LogP contribution is 2.47. The predicted octanol–water partition coefficient (Wildman–Crippen LogP) is 3.68. The summed E-state index contributed by atoms with van der Waals surface area (Å²) < 4.78 is 12.1. The molecule has 1 saturated heterocycles. The van der Waals surface area contributed by atoms with Gasteiger partial charge in [0.1, 0.15) is 17.5 Å². The lowest BCUT2D eigenvalue weighted by atomic mass is 9.74. The molecular formula is C23H33NO5Si. The van der Waals surface area contributed by atoms with E-state index in [1.165, 1.54) is 11.9 Å². The summed E-state index contributed by atoms with van der Waals surface area (Å²) in [6.07, 6.45) is 2.98. The topological polar surface area (TPSA) is 76.1 Å². The van der Waals surface area contributed by atoms with Crippen molar-refractivity contribution in [2.45, 2.75) is 57.0 Å². The summed E-state index contributed by atoms with van der Waals surface area (Å²) in [6, 6.07) is 10.0. The van der Waals surface area contributed by atoms with E-state index in [9.17, 15) is 14.7 Å². The Morgan fingerprint density at radius 3 is 2.27 bits per heavy atom. The Kier molecular flexibility index (Phi) is 6.55. The first-order valence-electron chi connectivity index (χ1n) is 10.8. The van der Waals surface area contributed by atoms with Crippen LogP contribution in [0.25, 0.3) is 0 Å². The molecule has 0 bridgehead atoms. The third-order valence-electron chi connectivity index (χ3n) is 7.06. The molecule has 0 radical (unpaired) electrons. The molecule has 1 aliphatic heterocycles. The van der Waals surface area contributed by atoms with Gasteiger partial charge in [-0.25, -0.2) is 0 Å². The zero-order valence-corrected chi connectivity index (χ0v) is 19.6. The zero-order chi connectivity index (χ0) is 22.1. The van der Waals surface area contributed by atoms with E-state index in [0.717, 1.165) is 18.1 Å². The molecule has 30 heavy (non-hydrogen) atoms. The summed E-state index contributed by atoms with van der Waals surface area (Å²) in [5.74, 6) is -0.640. The average Bonchev–Trinajstić information content (AvgIpc) is 3.00. The predicted molar refractivity (Wildman–Crippen MR) is 117 cm³/mol. The first kappa shape index (κ1) is 22.7. The third kappa shape index (κ3) is 3.74. The summed E-state index contributed by atoms with van der Waals surface area (Å²) >= 11 is 0. The molecule has 1 heterocycles. The number of likely N-dealkylation sites (tertiary alicyclic amines) is 1. The van der Waals surface area contributed by atoms with Crippen LogP contribution in [0.15, 0.2) is 36.4 Å². The molecule has 0 saturated carbocycles. The van der Waals surface area contributed by atoms with E-state index in [2.05, 4.69) is 20.8 Å². The van der Waals surface area contributed by atoms with Crippen molar-refractivity contribution in [3.8, 4) is 5.75 Å². The molecule has 0 unspecified atom stereocenters. The maximum Gasteiger partial charge on any atom is 0.236 e. The van der Waals surface area contributed by atoms with Crippen LogP contribution in [0.5, 0.6) is 5.75 Å². The number of hydrogen-bond donors (Lipinski definition) is 1. The fraction of sp³-hybridized carbons (Fsp3) is 0.565. The van der Waals surface area contributed by atoms with Gasteiger partial charge in [0, 0.05) is 7.05 Å². The van der Waals surface area contributed by atoms with E-state index < -0.39 is 31.9 Å². The lowest BCUT2D eigenvalue weighted by Crippen LogP contribution is -2.52. The summed E-state index contributed by atoms with van der Waals surface area (Å²) in [5.41, 5.74) is -0.333. The van der Waals surface area contributed by atoms with Gasteiger partial charge >= 0.3 is 0 Å². The Morgan fingerprint density at radius 1 is 1.13 bits per heavy atom. The number of aliphatic hydroxyl groups excluding tert-OH is 1. The van der Waals surface area contributed by atoms with Gasteiger partial charge in [0.25, 0.3) is 0 Å². The quantitative estimate of drug-likeness (QED) is 0.386. The van der Waals surface area contributed by atoms with Crippen LogP contribution in [0.4, 0.5) is 0 Å². The molecule has 1 aromatic rings. The van der Waals surface area contributed by atoms with Crippen molar-refractivity contribution in [2.75, 3.05) is 14.2 Å². The van der Waals surface area contributed by atoms with Crippen LogP contribution in [-0.4, -0.2) is 49.9 Å². The molecule has 1 aliphatic carbocycles. The second-order valence-electron chi connectivity index (χ2n) is 8.41. The molecule has 2 aliphatic rings. The van der Waals surface area contributed by atoms with Gasteiger partial charge < -0.3 is 14.3 Å². The number of ether oxygens (including phenoxy) is 1. The number of hydrogen-bond acceptors (Lipinski definition) is 5. The largest absolute Gasteiger partial charge is 0.497 e. The average molecular weight is 432 g/mol. The van der Waals surface area contributed by atoms with Crippen molar-refractivity contribution in [3.05, 3.63) is 42.0 Å². The second-order valence-corrected chi connectivity index (χ2v) is 13.1. The van der Waals surface area contributed by atoms with Gasteiger partial charge in [-0.05, 0) is 42.2 Å². The Morgan fingerprint density at radius 2 is 1.73 bits per heavy atom. The summed E-state index contributed by atoms with van der Waals surface area (Å²) in [4.78, 5) is 26.5. The summed E-state index contributed by atoms with van der Waals surface area (Å²) in [7, 11) is 0.994. The molecule has 1 aromatic carbocycles. The van der Waals surface area contributed by atoms with Gasteiger partial charge in [-0.1, -0.05) is 45.1 Å². The molecule has 0 aromatic heterocycles. The molecule has 6 nitrogen and oxygen atoms in total. The zero-order valence-electron chi connectivity index (χ0n) is 18.6. The van der Waals surface area contributed by atoms with Gasteiger partial charge in [-0.2, -0.15) is 0 Å². The molecule has 4 atom stereocenters. The maximum atomic E-state index is 12.8. The van der Waals surface area contributed by atoms with Crippen molar-refractivity contribution in [3.63, 3.8) is 0 Å². The molecule has 2 amide bonds. The Hall–Kier alpha value is -1.96. The number of methoxy groups -OCH3 is 1. The molecular weight excluding hydrogens is 398 g/mol. The van der Waals surface area contributed by atoms with Gasteiger partial charge in [0.2, 0.25) is 11.8 Å². The molecule has 3 rings (SSSR count). The number of rotatable bonds is 8. The van der Waals surface area contributed by atoms with Crippen LogP contribution in [0.2, 0.25) is 18.1 Å². The Labute approximate surface area is 180 Å². The van der Waals surface area contributed by atoms with E-state index in [4.69, 9.17) is 9.16 Å². The number of carbonyl (C=O) groups is 2. The van der Waals surface area contributed by atoms with Gasteiger partial charge in [0.05, 0.1) is 18.9 Å². The van der Waals surface area contributed by atoms with Gasteiger partial charge in [-0.15, -0.1) is 0 Å². The number of benzene rings is 1. The molecule has 164 valence electrons. The minimum absolute atomic E-state index is 0.182. The van der Waals surface area contributed by atoms with Crippen molar-refractivity contribution in [1.82, 2.24) is 4.90 Å². The summed E-state index contributed by atoms with van der Waals surface area (Å²) in [6.45, 7) is 6.42. The van der Waals surface area contributed by atoms with Crippen molar-refractivity contribution in [1.29, 1.82) is 0 Å². The first-order valence-corrected chi connectivity index (χ1v) is 13.3. The number of imide groups is 1. The number of aliphatic hydroxyl groups is 1. The number of carbonyl (C=O) groups excluding carboxylic acids is 2. The molecule has 0 spiro atoms. The lowest BCUT2D eigenvalue weighted by molar-refractivity contribution is -0.138. The third-order valence-corrected chi connectivity index (χ3v) is 11.7. The van der Waals surface area contributed by atoms with E-state index in [-0.39, 0.29) is 11.8 Å². The van der Waals surface area contributed by atoms with Crippen molar-refractivity contribution in [2.24, 2.45) is 11.8 Å². The Balaban J connectivity index is 2.05.